The summed E-state index contributed by atoms with van der Waals surface area (Å²) >= 11 is 2.97. The molecule has 0 N–H and O–H groups in total. The number of hydrazone groups is 1. The van der Waals surface area contributed by atoms with Gasteiger partial charge in [-0.25, -0.2) is 5.01 Å². The number of carbonyl (C=O) groups excluding carboxylic acids is 2. The van der Waals surface area contributed by atoms with E-state index in [4.69, 9.17) is 4.74 Å². The van der Waals surface area contributed by atoms with Gasteiger partial charge in [0.15, 0.2) is 0 Å². The van der Waals surface area contributed by atoms with E-state index in [9.17, 15) is 9.59 Å². The van der Waals surface area contributed by atoms with Crippen LogP contribution in [0.4, 0.5) is 0 Å². The quantitative estimate of drug-likeness (QED) is 0.576. The molecular formula is C22H21N3O3S2. The highest BCUT2D eigenvalue weighted by molar-refractivity contribution is 7.12. The third-order valence-corrected chi connectivity index (χ3v) is 6.70. The van der Waals surface area contributed by atoms with Gasteiger partial charge in [0.1, 0.15) is 12.3 Å². The maximum atomic E-state index is 13.2. The van der Waals surface area contributed by atoms with Crippen LogP contribution in [0.5, 0.6) is 5.75 Å². The molecular weight excluding hydrogens is 418 g/mol. The first-order valence-corrected chi connectivity index (χ1v) is 11.2. The molecule has 1 unspecified atom stereocenters. The lowest BCUT2D eigenvalue weighted by Crippen LogP contribution is -2.39. The van der Waals surface area contributed by atoms with Gasteiger partial charge in [-0.15, -0.1) is 22.7 Å². The van der Waals surface area contributed by atoms with Crippen LogP contribution in [0.2, 0.25) is 0 Å². The smallest absolute Gasteiger partial charge is 0.264 e. The van der Waals surface area contributed by atoms with Crippen molar-refractivity contribution in [2.45, 2.75) is 12.5 Å². The number of amides is 2. The zero-order chi connectivity index (χ0) is 21.1. The molecule has 0 saturated carbocycles. The number of thiophene rings is 2. The molecule has 0 saturated heterocycles. The number of ether oxygens (including phenoxy) is 1. The Morgan fingerprint density at radius 2 is 1.87 bits per heavy atom. The number of nitrogens with zero attached hydrogens (tertiary/aromatic N) is 3. The summed E-state index contributed by atoms with van der Waals surface area (Å²) in [6.07, 6.45) is 0.626. The minimum Gasteiger partial charge on any atom is -0.497 e. The number of hydrogen-bond acceptors (Lipinski definition) is 6. The molecule has 1 aromatic carbocycles. The van der Waals surface area contributed by atoms with Gasteiger partial charge in [0, 0.05) is 13.5 Å². The second-order valence-electron chi connectivity index (χ2n) is 6.89. The van der Waals surface area contributed by atoms with Gasteiger partial charge in [0.25, 0.3) is 11.8 Å². The van der Waals surface area contributed by atoms with E-state index < -0.39 is 0 Å². The van der Waals surface area contributed by atoms with Crippen molar-refractivity contribution in [3.63, 3.8) is 0 Å². The predicted octanol–water partition coefficient (Wildman–Crippen LogP) is 4.27. The SMILES string of the molecule is COc1ccc(C2CC(c3cccs3)=NN2C(=O)CN(C)C(=O)c2cccs2)cc1. The molecule has 2 aromatic heterocycles. The maximum Gasteiger partial charge on any atom is 0.264 e. The van der Waals surface area contributed by atoms with Gasteiger partial charge in [-0.1, -0.05) is 24.3 Å². The van der Waals surface area contributed by atoms with E-state index in [1.807, 2.05) is 53.2 Å². The number of methoxy groups -OCH3 is 1. The number of likely N-dealkylation sites (N-methyl/N-ethyl adjacent to an activating group) is 1. The Bertz CT molecular complexity index is 1040. The molecule has 1 atom stereocenters. The number of benzene rings is 1. The fourth-order valence-electron chi connectivity index (χ4n) is 3.35. The van der Waals surface area contributed by atoms with Crippen molar-refractivity contribution in [2.75, 3.05) is 20.7 Å². The Hall–Kier alpha value is -2.97. The van der Waals surface area contributed by atoms with E-state index >= 15 is 0 Å². The molecule has 0 bridgehead atoms. The number of rotatable bonds is 6. The van der Waals surface area contributed by atoms with E-state index in [1.54, 1.807) is 31.6 Å². The van der Waals surface area contributed by atoms with Crippen LogP contribution >= 0.6 is 22.7 Å². The van der Waals surface area contributed by atoms with Crippen molar-refractivity contribution in [2.24, 2.45) is 5.10 Å². The van der Waals surface area contributed by atoms with Crippen molar-refractivity contribution in [1.82, 2.24) is 9.91 Å². The van der Waals surface area contributed by atoms with Gasteiger partial charge < -0.3 is 9.64 Å². The second kappa shape index (κ2) is 8.81. The van der Waals surface area contributed by atoms with Crippen molar-refractivity contribution in [3.8, 4) is 5.75 Å². The van der Waals surface area contributed by atoms with E-state index in [0.717, 1.165) is 21.9 Å². The first kappa shape index (κ1) is 20.3. The standard InChI is InChI=1S/C22H21N3O3S2/c1-24(22(27)20-6-4-12-30-20)14-21(26)25-18(15-7-9-16(28-2)10-8-15)13-17(23-25)19-5-3-11-29-19/h3-12,18H,13-14H2,1-2H3. The first-order valence-electron chi connectivity index (χ1n) is 9.43. The third kappa shape index (κ3) is 4.15. The summed E-state index contributed by atoms with van der Waals surface area (Å²) in [6, 6.07) is 15.0. The molecule has 154 valence electrons. The van der Waals surface area contributed by atoms with Crippen LogP contribution in [-0.2, 0) is 4.79 Å². The first-order chi connectivity index (χ1) is 14.6. The minimum atomic E-state index is -0.217. The summed E-state index contributed by atoms with van der Waals surface area (Å²) in [5.74, 6) is 0.381. The molecule has 30 heavy (non-hydrogen) atoms. The lowest BCUT2D eigenvalue weighted by atomic mass is 10.0. The summed E-state index contributed by atoms with van der Waals surface area (Å²) in [6.45, 7) is -0.0371. The van der Waals surface area contributed by atoms with E-state index in [2.05, 4.69) is 5.10 Å². The average Bonchev–Trinajstić information content (AvgIpc) is 3.54. The van der Waals surface area contributed by atoms with Crippen LogP contribution in [0, 0.1) is 0 Å². The molecule has 0 radical (unpaired) electrons. The molecule has 4 rings (SSSR count). The lowest BCUT2D eigenvalue weighted by Gasteiger charge is -2.24. The van der Waals surface area contributed by atoms with Gasteiger partial charge in [0.05, 0.1) is 28.6 Å². The highest BCUT2D eigenvalue weighted by atomic mass is 32.1. The van der Waals surface area contributed by atoms with Gasteiger partial charge >= 0.3 is 0 Å². The predicted molar refractivity (Wildman–Crippen MR) is 119 cm³/mol. The van der Waals surface area contributed by atoms with Crippen molar-refractivity contribution in [1.29, 1.82) is 0 Å². The highest BCUT2D eigenvalue weighted by Crippen LogP contribution is 2.34. The minimum absolute atomic E-state index is 0.0371. The summed E-state index contributed by atoms with van der Waals surface area (Å²) in [4.78, 5) is 28.8. The highest BCUT2D eigenvalue weighted by Gasteiger charge is 2.34. The molecule has 3 aromatic rings. The fourth-order valence-corrected chi connectivity index (χ4v) is 4.79. The number of carbonyl (C=O) groups is 2. The summed E-state index contributed by atoms with van der Waals surface area (Å²) in [5.41, 5.74) is 1.86. The molecule has 0 fully saturated rings. The Balaban J connectivity index is 1.57. The zero-order valence-electron chi connectivity index (χ0n) is 16.6. The normalized spacial score (nSPS) is 15.7. The van der Waals surface area contributed by atoms with Gasteiger partial charge in [-0.3, -0.25) is 9.59 Å². The van der Waals surface area contributed by atoms with E-state index in [0.29, 0.717) is 11.3 Å². The van der Waals surface area contributed by atoms with Crippen LogP contribution in [0.3, 0.4) is 0 Å². The molecule has 2 amide bonds. The molecule has 6 nitrogen and oxygen atoms in total. The zero-order valence-corrected chi connectivity index (χ0v) is 18.3. The van der Waals surface area contributed by atoms with Crippen molar-refractivity contribution >= 4 is 40.2 Å². The molecule has 1 aliphatic rings. The molecule has 1 aliphatic heterocycles. The molecule has 8 heteroatoms. The Morgan fingerprint density at radius 1 is 1.13 bits per heavy atom. The largest absolute Gasteiger partial charge is 0.497 e. The van der Waals surface area contributed by atoms with Gasteiger partial charge in [0.2, 0.25) is 0 Å². The topological polar surface area (TPSA) is 62.2 Å². The number of hydrogen-bond donors (Lipinski definition) is 0. The summed E-state index contributed by atoms with van der Waals surface area (Å²) < 4.78 is 5.25. The second-order valence-corrected chi connectivity index (χ2v) is 8.79. The molecule has 0 aliphatic carbocycles. The third-order valence-electron chi connectivity index (χ3n) is 4.92. The van der Waals surface area contributed by atoms with Crippen LogP contribution in [-0.4, -0.2) is 48.1 Å². The van der Waals surface area contributed by atoms with Crippen molar-refractivity contribution < 1.29 is 14.3 Å². The van der Waals surface area contributed by atoms with Gasteiger partial charge in [-0.05, 0) is 40.6 Å². The Morgan fingerprint density at radius 3 is 2.50 bits per heavy atom. The lowest BCUT2D eigenvalue weighted by molar-refractivity contribution is -0.133. The molecule has 0 spiro atoms. The fraction of sp³-hybridized carbons (Fsp3) is 0.227. The van der Waals surface area contributed by atoms with E-state index in [1.165, 1.54) is 21.2 Å². The van der Waals surface area contributed by atoms with Crippen LogP contribution in [0.15, 0.2) is 64.4 Å². The summed E-state index contributed by atoms with van der Waals surface area (Å²) in [5, 5.41) is 10.0. The van der Waals surface area contributed by atoms with Crippen LogP contribution < -0.4 is 4.74 Å². The van der Waals surface area contributed by atoms with Crippen molar-refractivity contribution in [3.05, 3.63) is 74.6 Å². The maximum absolute atomic E-state index is 13.2. The molecule has 3 heterocycles. The Kier molecular flexibility index (Phi) is 5.96. The monoisotopic (exact) mass is 439 g/mol. The van der Waals surface area contributed by atoms with Crippen LogP contribution in [0.25, 0.3) is 0 Å². The Labute approximate surface area is 183 Å². The van der Waals surface area contributed by atoms with Crippen LogP contribution in [0.1, 0.15) is 32.6 Å². The van der Waals surface area contributed by atoms with E-state index in [-0.39, 0.29) is 24.4 Å². The summed E-state index contributed by atoms with van der Waals surface area (Å²) in [7, 11) is 3.27. The average molecular weight is 440 g/mol. The van der Waals surface area contributed by atoms with Gasteiger partial charge in [-0.2, -0.15) is 5.10 Å².